The van der Waals surface area contributed by atoms with Crippen LogP contribution in [-0.4, -0.2) is 38.3 Å². The highest BCUT2D eigenvalue weighted by molar-refractivity contribution is 5.27. The maximum Gasteiger partial charge on any atom is 0.401 e. The third-order valence-corrected chi connectivity index (χ3v) is 2.39. The van der Waals surface area contributed by atoms with Crippen LogP contribution in [0.5, 0.6) is 5.75 Å². The van der Waals surface area contributed by atoms with Crippen LogP contribution in [0.4, 0.5) is 13.2 Å². The molecule has 0 fully saturated rings. The number of methoxy groups -OCH3 is 1. The van der Waals surface area contributed by atoms with E-state index in [0.29, 0.717) is 13.0 Å². The van der Waals surface area contributed by atoms with E-state index in [1.807, 2.05) is 12.1 Å². The van der Waals surface area contributed by atoms with Gasteiger partial charge in [-0.3, -0.25) is 4.90 Å². The number of hydrogen-bond acceptors (Lipinski definition) is 2. The first kappa shape index (κ1) is 13.8. The largest absolute Gasteiger partial charge is 0.497 e. The Morgan fingerprint density at radius 3 is 2.24 bits per heavy atom. The molecule has 2 nitrogen and oxygen atoms in total. The molecule has 0 radical (unpaired) electrons. The Kier molecular flexibility index (Phi) is 4.81. The van der Waals surface area contributed by atoms with Crippen molar-refractivity contribution in [2.75, 3.05) is 27.2 Å². The first-order valence-electron chi connectivity index (χ1n) is 5.29. The van der Waals surface area contributed by atoms with Crippen LogP contribution < -0.4 is 4.74 Å². The molecule has 0 heterocycles. The van der Waals surface area contributed by atoms with Crippen molar-refractivity contribution in [3.05, 3.63) is 29.8 Å². The molecule has 0 aliphatic rings. The molecule has 1 aromatic carbocycles. The molecule has 0 spiro atoms. The van der Waals surface area contributed by atoms with E-state index in [2.05, 4.69) is 0 Å². The fraction of sp³-hybridized carbons (Fsp3) is 0.500. The predicted molar refractivity (Wildman–Crippen MR) is 60.3 cm³/mol. The van der Waals surface area contributed by atoms with Crippen molar-refractivity contribution in [1.82, 2.24) is 4.90 Å². The van der Waals surface area contributed by atoms with Crippen molar-refractivity contribution in [3.8, 4) is 5.75 Å². The summed E-state index contributed by atoms with van der Waals surface area (Å²) in [5.41, 5.74) is 1.000. The van der Waals surface area contributed by atoms with Gasteiger partial charge in [-0.2, -0.15) is 13.2 Å². The topological polar surface area (TPSA) is 12.5 Å². The van der Waals surface area contributed by atoms with Crippen LogP contribution in [0.15, 0.2) is 24.3 Å². The highest BCUT2D eigenvalue weighted by Crippen LogP contribution is 2.16. The zero-order chi connectivity index (χ0) is 12.9. The van der Waals surface area contributed by atoms with E-state index in [9.17, 15) is 13.2 Å². The number of ether oxygens (including phenoxy) is 1. The van der Waals surface area contributed by atoms with E-state index in [0.717, 1.165) is 11.3 Å². The van der Waals surface area contributed by atoms with Gasteiger partial charge >= 0.3 is 6.18 Å². The average Bonchev–Trinajstić information content (AvgIpc) is 2.25. The number of alkyl halides is 3. The fourth-order valence-electron chi connectivity index (χ4n) is 1.50. The molecule has 0 aliphatic carbocycles. The van der Waals surface area contributed by atoms with Crippen molar-refractivity contribution in [1.29, 1.82) is 0 Å². The van der Waals surface area contributed by atoms with Crippen LogP contribution >= 0.6 is 0 Å². The minimum atomic E-state index is -4.13. The second kappa shape index (κ2) is 5.91. The lowest BCUT2D eigenvalue weighted by molar-refractivity contribution is -0.142. The van der Waals surface area contributed by atoms with E-state index in [1.165, 1.54) is 11.9 Å². The molecule has 0 aliphatic heterocycles. The monoisotopic (exact) mass is 247 g/mol. The molecule has 17 heavy (non-hydrogen) atoms. The molecule has 0 N–H and O–H groups in total. The van der Waals surface area contributed by atoms with Gasteiger partial charge in [0, 0.05) is 6.54 Å². The summed E-state index contributed by atoms with van der Waals surface area (Å²) in [5.74, 6) is 0.748. The van der Waals surface area contributed by atoms with Crippen LogP contribution in [0.25, 0.3) is 0 Å². The molecule has 0 saturated heterocycles. The Labute approximate surface area is 99.0 Å². The van der Waals surface area contributed by atoms with Crippen molar-refractivity contribution < 1.29 is 17.9 Å². The van der Waals surface area contributed by atoms with Crippen molar-refractivity contribution >= 4 is 0 Å². The molecule has 96 valence electrons. The van der Waals surface area contributed by atoms with Crippen LogP contribution in [-0.2, 0) is 6.42 Å². The lowest BCUT2D eigenvalue weighted by Crippen LogP contribution is -2.32. The first-order chi connectivity index (χ1) is 7.90. The van der Waals surface area contributed by atoms with E-state index in [-0.39, 0.29) is 0 Å². The summed E-state index contributed by atoms with van der Waals surface area (Å²) in [5, 5.41) is 0. The Balaban J connectivity index is 2.39. The van der Waals surface area contributed by atoms with Gasteiger partial charge in [0.15, 0.2) is 0 Å². The second-order valence-corrected chi connectivity index (χ2v) is 3.95. The highest BCUT2D eigenvalue weighted by atomic mass is 19.4. The third-order valence-electron chi connectivity index (χ3n) is 2.39. The Hall–Kier alpha value is -1.23. The van der Waals surface area contributed by atoms with Gasteiger partial charge in [-0.25, -0.2) is 0 Å². The van der Waals surface area contributed by atoms with Crippen molar-refractivity contribution in [3.63, 3.8) is 0 Å². The smallest absolute Gasteiger partial charge is 0.401 e. The van der Waals surface area contributed by atoms with Crippen LogP contribution in [0, 0.1) is 0 Å². The number of nitrogens with zero attached hydrogens (tertiary/aromatic N) is 1. The molecule has 0 unspecified atom stereocenters. The fourth-order valence-corrected chi connectivity index (χ4v) is 1.50. The number of hydrogen-bond donors (Lipinski definition) is 0. The maximum atomic E-state index is 12.1. The number of rotatable bonds is 5. The Morgan fingerprint density at radius 2 is 1.76 bits per heavy atom. The molecular formula is C12H16F3NO. The van der Waals surface area contributed by atoms with Gasteiger partial charge in [-0.05, 0) is 31.2 Å². The standard InChI is InChI=1S/C12H16F3NO/c1-16(9-12(13,14)15)8-7-10-3-5-11(17-2)6-4-10/h3-6H,7-9H2,1-2H3. The van der Waals surface area contributed by atoms with Gasteiger partial charge in [-0.15, -0.1) is 0 Å². The summed E-state index contributed by atoms with van der Waals surface area (Å²) in [4.78, 5) is 1.27. The molecular weight excluding hydrogens is 231 g/mol. The van der Waals surface area contributed by atoms with E-state index < -0.39 is 12.7 Å². The molecule has 0 atom stereocenters. The molecule has 1 rings (SSSR count). The number of likely N-dealkylation sites (N-methyl/N-ethyl adjacent to an activating group) is 1. The summed E-state index contributed by atoms with van der Waals surface area (Å²) < 4.78 is 41.2. The summed E-state index contributed by atoms with van der Waals surface area (Å²) >= 11 is 0. The van der Waals surface area contributed by atoms with Gasteiger partial charge in [0.25, 0.3) is 0 Å². The first-order valence-corrected chi connectivity index (χ1v) is 5.29. The molecule has 0 aromatic heterocycles. The minimum Gasteiger partial charge on any atom is -0.497 e. The normalized spacial score (nSPS) is 11.9. The van der Waals surface area contributed by atoms with Crippen LogP contribution in [0.2, 0.25) is 0 Å². The van der Waals surface area contributed by atoms with E-state index in [1.54, 1.807) is 19.2 Å². The maximum absolute atomic E-state index is 12.1. The summed E-state index contributed by atoms with van der Waals surface area (Å²) in [7, 11) is 3.04. The van der Waals surface area contributed by atoms with Crippen molar-refractivity contribution in [2.24, 2.45) is 0 Å². The Bertz CT molecular complexity index is 335. The average molecular weight is 247 g/mol. The zero-order valence-electron chi connectivity index (χ0n) is 9.92. The molecule has 1 aromatic rings. The quantitative estimate of drug-likeness (QED) is 0.793. The van der Waals surface area contributed by atoms with Gasteiger partial charge in [0.1, 0.15) is 5.75 Å². The summed E-state index contributed by atoms with van der Waals surface area (Å²) in [6.45, 7) is -0.491. The molecule has 0 bridgehead atoms. The van der Waals surface area contributed by atoms with Crippen LogP contribution in [0.1, 0.15) is 5.56 Å². The molecule has 0 amide bonds. The van der Waals surface area contributed by atoms with Crippen LogP contribution in [0.3, 0.4) is 0 Å². The lowest BCUT2D eigenvalue weighted by Gasteiger charge is -2.18. The number of halogens is 3. The Morgan fingerprint density at radius 1 is 1.18 bits per heavy atom. The number of benzene rings is 1. The van der Waals surface area contributed by atoms with E-state index in [4.69, 9.17) is 4.74 Å². The highest BCUT2D eigenvalue weighted by Gasteiger charge is 2.28. The molecule has 0 saturated carbocycles. The summed E-state index contributed by atoms with van der Waals surface area (Å²) in [6.07, 6.45) is -3.54. The van der Waals surface area contributed by atoms with Crippen molar-refractivity contribution in [2.45, 2.75) is 12.6 Å². The van der Waals surface area contributed by atoms with Gasteiger partial charge in [0.2, 0.25) is 0 Å². The lowest BCUT2D eigenvalue weighted by atomic mass is 10.1. The zero-order valence-corrected chi connectivity index (χ0v) is 9.92. The van der Waals surface area contributed by atoms with Gasteiger partial charge in [0.05, 0.1) is 13.7 Å². The minimum absolute atomic E-state index is 0.381. The second-order valence-electron chi connectivity index (χ2n) is 3.95. The summed E-state index contributed by atoms with van der Waals surface area (Å²) in [6, 6.07) is 7.33. The predicted octanol–water partition coefficient (Wildman–Crippen LogP) is 2.73. The van der Waals surface area contributed by atoms with Gasteiger partial charge in [-0.1, -0.05) is 12.1 Å². The van der Waals surface area contributed by atoms with E-state index >= 15 is 0 Å². The third kappa shape index (κ3) is 5.58. The SMILES string of the molecule is COc1ccc(CCN(C)CC(F)(F)F)cc1. The van der Waals surface area contributed by atoms with Gasteiger partial charge < -0.3 is 4.74 Å². The molecule has 5 heteroatoms.